The molecule has 31 heavy (non-hydrogen) atoms. The Morgan fingerprint density at radius 3 is 1.35 bits per heavy atom. The Morgan fingerprint density at radius 1 is 0.645 bits per heavy atom. The van der Waals surface area contributed by atoms with Crippen LogP contribution in [0.2, 0.25) is 0 Å². The summed E-state index contributed by atoms with van der Waals surface area (Å²) in [5, 5.41) is 27.2. The van der Waals surface area contributed by atoms with Crippen LogP contribution in [0, 0.1) is 0 Å². The summed E-state index contributed by atoms with van der Waals surface area (Å²) >= 11 is 0. The van der Waals surface area contributed by atoms with E-state index in [9.17, 15) is 14.7 Å². The predicted molar refractivity (Wildman–Crippen MR) is 124 cm³/mol. The summed E-state index contributed by atoms with van der Waals surface area (Å²) in [5.41, 5.74) is 0. The Hall–Kier alpha value is -1.14. The van der Waals surface area contributed by atoms with Crippen LogP contribution in [0.15, 0.2) is 0 Å². The van der Waals surface area contributed by atoms with E-state index < -0.39 is 30.3 Å². The molecular formula is C25H48O6. The number of hydrogen-bond donors (Lipinski definition) is 3. The second-order valence-electron chi connectivity index (χ2n) is 8.92. The highest BCUT2D eigenvalue weighted by atomic mass is 16.6. The molecule has 3 atom stereocenters. The molecule has 0 radical (unpaired) electrons. The van der Waals surface area contributed by atoms with Crippen molar-refractivity contribution in [2.75, 3.05) is 0 Å². The molecule has 184 valence electrons. The zero-order valence-electron chi connectivity index (χ0n) is 20.0. The lowest BCUT2D eigenvalue weighted by atomic mass is 10.0. The molecule has 0 aromatic rings. The van der Waals surface area contributed by atoms with Gasteiger partial charge in [0.1, 0.15) is 0 Å². The molecule has 0 saturated heterocycles. The number of rotatable bonds is 22. The molecule has 3 unspecified atom stereocenters. The fraction of sp³-hybridized carbons (Fsp3) is 0.920. The van der Waals surface area contributed by atoms with Crippen LogP contribution in [-0.2, 0) is 14.3 Å². The normalized spacial score (nSPS) is 14.2. The third-order valence-corrected chi connectivity index (χ3v) is 5.83. The maximum atomic E-state index is 11.6. The van der Waals surface area contributed by atoms with Crippen molar-refractivity contribution in [3.8, 4) is 0 Å². The molecule has 0 aliphatic carbocycles. The molecular weight excluding hydrogens is 396 g/mol. The summed E-state index contributed by atoms with van der Waals surface area (Å²) in [5.74, 6) is -2.74. The Bertz CT molecular complexity index is 440. The van der Waals surface area contributed by atoms with Crippen molar-refractivity contribution >= 4 is 11.9 Å². The number of carboxylic acid groups (broad SMARTS) is 1. The zero-order valence-corrected chi connectivity index (χ0v) is 20.0. The number of carboxylic acids is 1. The molecule has 0 aromatic carbocycles. The van der Waals surface area contributed by atoms with Gasteiger partial charge in [-0.25, -0.2) is 9.59 Å². The number of aliphatic carboxylic acids is 1. The van der Waals surface area contributed by atoms with Gasteiger partial charge in [-0.1, -0.05) is 110 Å². The SMILES string of the molecule is CCCCCCCCCCCCCCCCCCCC(C)OC(=O)C(O)C(O)C(=O)O. The molecule has 0 aliphatic heterocycles. The Labute approximate surface area is 189 Å². The number of aliphatic hydroxyl groups is 2. The van der Waals surface area contributed by atoms with Crippen molar-refractivity contribution in [2.24, 2.45) is 0 Å². The van der Waals surface area contributed by atoms with Gasteiger partial charge in [0.25, 0.3) is 0 Å². The predicted octanol–water partition coefficient (Wildman–Crippen LogP) is 5.77. The molecule has 6 heteroatoms. The van der Waals surface area contributed by atoms with E-state index in [0.717, 1.165) is 12.8 Å². The topological polar surface area (TPSA) is 104 Å². The van der Waals surface area contributed by atoms with Crippen molar-refractivity contribution in [1.29, 1.82) is 0 Å². The largest absolute Gasteiger partial charge is 0.479 e. The fourth-order valence-corrected chi connectivity index (χ4v) is 3.75. The summed E-state index contributed by atoms with van der Waals surface area (Å²) in [6, 6.07) is 0. The summed E-state index contributed by atoms with van der Waals surface area (Å²) in [6.07, 6.45) is 18.3. The van der Waals surface area contributed by atoms with Gasteiger partial charge in [0.2, 0.25) is 0 Å². The van der Waals surface area contributed by atoms with Crippen LogP contribution < -0.4 is 0 Å². The first-order valence-electron chi connectivity index (χ1n) is 12.7. The standard InChI is InChI=1S/C25H48O6/c1-3-4-5-6-7-8-9-10-11-12-13-14-15-16-17-18-19-20-21(2)31-25(30)23(27)22(26)24(28)29/h21-23,26-27H,3-20H2,1-2H3,(H,28,29). The van der Waals surface area contributed by atoms with Crippen molar-refractivity contribution in [1.82, 2.24) is 0 Å². The Kier molecular flexibility index (Phi) is 20.0. The average Bonchev–Trinajstić information content (AvgIpc) is 2.74. The van der Waals surface area contributed by atoms with Crippen molar-refractivity contribution in [3.05, 3.63) is 0 Å². The molecule has 0 aromatic heterocycles. The first-order valence-corrected chi connectivity index (χ1v) is 12.7. The van der Waals surface area contributed by atoms with Crippen LogP contribution in [0.1, 0.15) is 129 Å². The third kappa shape index (κ3) is 18.2. The van der Waals surface area contributed by atoms with E-state index in [1.165, 1.54) is 96.3 Å². The van der Waals surface area contributed by atoms with Gasteiger partial charge in [-0.3, -0.25) is 0 Å². The molecule has 0 aliphatic rings. The number of aliphatic hydroxyl groups excluding tert-OH is 2. The van der Waals surface area contributed by atoms with E-state index >= 15 is 0 Å². The summed E-state index contributed by atoms with van der Waals surface area (Å²) in [7, 11) is 0. The maximum Gasteiger partial charge on any atom is 0.338 e. The van der Waals surface area contributed by atoms with Crippen LogP contribution >= 0.6 is 0 Å². The van der Waals surface area contributed by atoms with E-state index in [4.69, 9.17) is 14.9 Å². The quantitative estimate of drug-likeness (QED) is 0.145. The average molecular weight is 445 g/mol. The van der Waals surface area contributed by atoms with Gasteiger partial charge >= 0.3 is 11.9 Å². The maximum absolute atomic E-state index is 11.6. The number of carbonyl (C=O) groups is 2. The van der Waals surface area contributed by atoms with E-state index in [-0.39, 0.29) is 0 Å². The zero-order chi connectivity index (χ0) is 23.3. The van der Waals surface area contributed by atoms with Crippen molar-refractivity contribution in [2.45, 2.75) is 148 Å². The van der Waals surface area contributed by atoms with Crippen LogP contribution in [0.25, 0.3) is 0 Å². The second kappa shape index (κ2) is 20.7. The van der Waals surface area contributed by atoms with E-state index in [1.807, 2.05) is 0 Å². The van der Waals surface area contributed by atoms with Crippen LogP contribution in [0.3, 0.4) is 0 Å². The van der Waals surface area contributed by atoms with Gasteiger partial charge in [-0.2, -0.15) is 0 Å². The molecule has 3 N–H and O–H groups in total. The van der Waals surface area contributed by atoms with Gasteiger partial charge in [-0.05, 0) is 19.8 Å². The van der Waals surface area contributed by atoms with Gasteiger partial charge in [-0.15, -0.1) is 0 Å². The first kappa shape index (κ1) is 29.9. The smallest absolute Gasteiger partial charge is 0.338 e. The fourth-order valence-electron chi connectivity index (χ4n) is 3.75. The lowest BCUT2D eigenvalue weighted by molar-refractivity contribution is -0.173. The summed E-state index contributed by atoms with van der Waals surface area (Å²) in [4.78, 5) is 22.1. The number of esters is 1. The van der Waals surface area contributed by atoms with Crippen molar-refractivity contribution < 1.29 is 29.6 Å². The minimum absolute atomic E-state index is 0.403. The lowest BCUT2D eigenvalue weighted by Crippen LogP contribution is -2.41. The van der Waals surface area contributed by atoms with E-state index in [2.05, 4.69) is 6.92 Å². The molecule has 0 spiro atoms. The Morgan fingerprint density at radius 2 is 1.00 bits per heavy atom. The Balaban J connectivity index is 3.39. The third-order valence-electron chi connectivity index (χ3n) is 5.83. The number of ether oxygens (including phenoxy) is 1. The highest BCUT2D eigenvalue weighted by molar-refractivity contribution is 5.84. The highest BCUT2D eigenvalue weighted by Gasteiger charge is 2.32. The van der Waals surface area contributed by atoms with Gasteiger partial charge in [0.05, 0.1) is 6.10 Å². The van der Waals surface area contributed by atoms with E-state index in [1.54, 1.807) is 6.92 Å². The van der Waals surface area contributed by atoms with Crippen LogP contribution in [0.5, 0.6) is 0 Å². The molecule has 0 fully saturated rings. The highest BCUT2D eigenvalue weighted by Crippen LogP contribution is 2.15. The molecule has 0 saturated carbocycles. The van der Waals surface area contributed by atoms with Crippen LogP contribution in [0.4, 0.5) is 0 Å². The van der Waals surface area contributed by atoms with Crippen LogP contribution in [-0.4, -0.2) is 45.6 Å². The lowest BCUT2D eigenvalue weighted by Gasteiger charge is -2.17. The molecule has 0 bridgehead atoms. The molecule has 0 heterocycles. The van der Waals surface area contributed by atoms with Gasteiger partial charge < -0.3 is 20.1 Å². The molecule has 0 rings (SSSR count). The minimum atomic E-state index is -2.15. The van der Waals surface area contributed by atoms with Gasteiger partial charge in [0, 0.05) is 0 Å². The number of carbonyl (C=O) groups excluding carboxylic acids is 1. The monoisotopic (exact) mass is 444 g/mol. The summed E-state index contributed by atoms with van der Waals surface area (Å²) in [6.45, 7) is 3.98. The van der Waals surface area contributed by atoms with E-state index in [0.29, 0.717) is 6.42 Å². The molecule has 0 amide bonds. The number of hydrogen-bond acceptors (Lipinski definition) is 5. The molecule has 6 nitrogen and oxygen atoms in total. The second-order valence-corrected chi connectivity index (χ2v) is 8.92. The summed E-state index contributed by atoms with van der Waals surface area (Å²) < 4.78 is 5.00. The minimum Gasteiger partial charge on any atom is -0.479 e. The van der Waals surface area contributed by atoms with Gasteiger partial charge in [0.15, 0.2) is 12.2 Å². The van der Waals surface area contributed by atoms with Crippen molar-refractivity contribution in [3.63, 3.8) is 0 Å². The first-order chi connectivity index (χ1) is 14.9. The number of unbranched alkanes of at least 4 members (excludes halogenated alkanes) is 16.